The lowest BCUT2D eigenvalue weighted by Gasteiger charge is -2.35. The van der Waals surface area contributed by atoms with E-state index in [1.54, 1.807) is 0 Å². The summed E-state index contributed by atoms with van der Waals surface area (Å²) in [6, 6.07) is 0.730. The van der Waals surface area contributed by atoms with Gasteiger partial charge < -0.3 is 10.1 Å². The van der Waals surface area contributed by atoms with E-state index in [1.807, 2.05) is 0 Å². The first kappa shape index (κ1) is 14.0. The summed E-state index contributed by atoms with van der Waals surface area (Å²) < 4.78 is 5.62. The normalized spacial score (nSPS) is 30.6. The van der Waals surface area contributed by atoms with E-state index >= 15 is 0 Å². The van der Waals surface area contributed by atoms with Gasteiger partial charge >= 0.3 is 0 Å². The summed E-state index contributed by atoms with van der Waals surface area (Å²) in [5, 5.41) is 3.48. The molecule has 16 heavy (non-hydrogen) atoms. The van der Waals surface area contributed by atoms with Gasteiger partial charge in [-0.05, 0) is 51.0 Å². The molecule has 2 heteroatoms. The Bertz CT molecular complexity index is 172. The fraction of sp³-hybridized carbons (Fsp3) is 1.00. The second-order valence-corrected chi connectivity index (χ2v) is 5.14. The minimum absolute atomic E-state index is 0.730. The van der Waals surface area contributed by atoms with Crippen molar-refractivity contribution in [2.45, 2.75) is 58.4 Å². The predicted octanol–water partition coefficient (Wildman–Crippen LogP) is 3.22. The monoisotopic (exact) mass is 227 g/mol. The van der Waals surface area contributed by atoms with Gasteiger partial charge in [-0.25, -0.2) is 0 Å². The second-order valence-electron chi connectivity index (χ2n) is 5.14. The zero-order chi connectivity index (χ0) is 11.8. The average molecular weight is 227 g/mol. The lowest BCUT2D eigenvalue weighted by atomic mass is 9.75. The van der Waals surface area contributed by atoms with Crippen molar-refractivity contribution in [3.05, 3.63) is 0 Å². The third-order valence-electron chi connectivity index (χ3n) is 4.02. The summed E-state index contributed by atoms with van der Waals surface area (Å²) in [5.41, 5.74) is 0. The molecule has 0 aliphatic heterocycles. The number of hydrogen-bond acceptors (Lipinski definition) is 2. The molecular formula is C14H29NO. The molecule has 0 aromatic carbocycles. The van der Waals surface area contributed by atoms with Gasteiger partial charge in [0.2, 0.25) is 0 Å². The molecule has 0 aromatic heterocycles. The van der Waals surface area contributed by atoms with Crippen molar-refractivity contribution in [1.29, 1.82) is 0 Å². The van der Waals surface area contributed by atoms with Crippen LogP contribution < -0.4 is 5.32 Å². The standard InChI is InChI=1S/C14H29NO/c1-4-9-16-10-8-13-11-12(5-2)6-7-14(13)15-3/h12-15H,4-11H2,1-3H3. The Balaban J connectivity index is 2.27. The maximum Gasteiger partial charge on any atom is 0.0469 e. The van der Waals surface area contributed by atoms with Gasteiger partial charge in [0.25, 0.3) is 0 Å². The Morgan fingerprint density at radius 1 is 1.19 bits per heavy atom. The largest absolute Gasteiger partial charge is 0.381 e. The Kier molecular flexibility index (Phi) is 7.06. The second kappa shape index (κ2) is 8.08. The van der Waals surface area contributed by atoms with Gasteiger partial charge in [-0.2, -0.15) is 0 Å². The first-order chi connectivity index (χ1) is 7.81. The van der Waals surface area contributed by atoms with Crippen LogP contribution in [0, 0.1) is 11.8 Å². The van der Waals surface area contributed by atoms with Crippen molar-refractivity contribution in [2.75, 3.05) is 20.3 Å². The highest BCUT2D eigenvalue weighted by atomic mass is 16.5. The van der Waals surface area contributed by atoms with Crippen molar-refractivity contribution in [3.8, 4) is 0 Å². The average Bonchev–Trinajstić information content (AvgIpc) is 2.34. The van der Waals surface area contributed by atoms with Crippen LogP contribution in [-0.2, 0) is 4.74 Å². The summed E-state index contributed by atoms with van der Waals surface area (Å²) in [4.78, 5) is 0. The van der Waals surface area contributed by atoms with Crippen LogP contribution in [-0.4, -0.2) is 26.3 Å². The molecule has 1 fully saturated rings. The molecule has 1 aliphatic rings. The molecule has 1 rings (SSSR count). The van der Waals surface area contributed by atoms with E-state index in [-0.39, 0.29) is 0 Å². The fourth-order valence-electron chi connectivity index (χ4n) is 2.91. The predicted molar refractivity (Wildman–Crippen MR) is 69.7 cm³/mol. The summed E-state index contributed by atoms with van der Waals surface area (Å²) in [6.45, 7) is 6.38. The van der Waals surface area contributed by atoms with Crippen molar-refractivity contribution in [3.63, 3.8) is 0 Å². The van der Waals surface area contributed by atoms with Crippen LogP contribution in [0.5, 0.6) is 0 Å². The van der Waals surface area contributed by atoms with E-state index < -0.39 is 0 Å². The van der Waals surface area contributed by atoms with E-state index in [1.165, 1.54) is 32.1 Å². The lowest BCUT2D eigenvalue weighted by Crippen LogP contribution is -2.39. The molecule has 96 valence electrons. The molecule has 1 saturated carbocycles. The summed E-state index contributed by atoms with van der Waals surface area (Å²) in [6.07, 6.45) is 7.89. The van der Waals surface area contributed by atoms with Gasteiger partial charge in [0.1, 0.15) is 0 Å². The van der Waals surface area contributed by atoms with Gasteiger partial charge in [0.05, 0.1) is 0 Å². The third kappa shape index (κ3) is 4.42. The number of hydrogen-bond donors (Lipinski definition) is 1. The third-order valence-corrected chi connectivity index (χ3v) is 4.02. The minimum Gasteiger partial charge on any atom is -0.381 e. The van der Waals surface area contributed by atoms with Gasteiger partial charge in [-0.3, -0.25) is 0 Å². The molecule has 0 bridgehead atoms. The van der Waals surface area contributed by atoms with Crippen LogP contribution in [0.1, 0.15) is 52.4 Å². The molecule has 0 spiro atoms. The first-order valence-electron chi connectivity index (χ1n) is 7.06. The first-order valence-corrected chi connectivity index (χ1v) is 7.06. The fourth-order valence-corrected chi connectivity index (χ4v) is 2.91. The molecule has 2 nitrogen and oxygen atoms in total. The zero-order valence-corrected chi connectivity index (χ0v) is 11.3. The molecule has 1 aliphatic carbocycles. The van der Waals surface area contributed by atoms with E-state index in [9.17, 15) is 0 Å². The SMILES string of the molecule is CCCOCCC1CC(CC)CCC1NC. The van der Waals surface area contributed by atoms with Crippen LogP contribution in [0.15, 0.2) is 0 Å². The lowest BCUT2D eigenvalue weighted by molar-refractivity contribution is 0.0973. The molecular weight excluding hydrogens is 198 g/mol. The van der Waals surface area contributed by atoms with Crippen molar-refractivity contribution in [2.24, 2.45) is 11.8 Å². The molecule has 0 heterocycles. The molecule has 0 radical (unpaired) electrons. The minimum atomic E-state index is 0.730. The van der Waals surface area contributed by atoms with E-state index in [0.717, 1.165) is 37.5 Å². The smallest absolute Gasteiger partial charge is 0.0469 e. The van der Waals surface area contributed by atoms with Crippen molar-refractivity contribution >= 4 is 0 Å². The number of nitrogens with one attached hydrogen (secondary N) is 1. The summed E-state index contributed by atoms with van der Waals surface area (Å²) in [7, 11) is 2.11. The highest BCUT2D eigenvalue weighted by molar-refractivity contribution is 4.83. The topological polar surface area (TPSA) is 21.3 Å². The number of rotatable bonds is 7. The Hall–Kier alpha value is -0.0800. The van der Waals surface area contributed by atoms with Crippen LogP contribution in [0.25, 0.3) is 0 Å². The number of ether oxygens (including phenoxy) is 1. The Labute approximate surface area is 101 Å². The van der Waals surface area contributed by atoms with Gasteiger partial charge in [0.15, 0.2) is 0 Å². The maximum atomic E-state index is 5.62. The van der Waals surface area contributed by atoms with Crippen molar-refractivity contribution in [1.82, 2.24) is 5.32 Å². The molecule has 0 amide bonds. The van der Waals surface area contributed by atoms with Gasteiger partial charge in [-0.15, -0.1) is 0 Å². The van der Waals surface area contributed by atoms with E-state index in [2.05, 4.69) is 26.2 Å². The van der Waals surface area contributed by atoms with Crippen LogP contribution in [0.2, 0.25) is 0 Å². The van der Waals surface area contributed by atoms with Crippen molar-refractivity contribution < 1.29 is 4.74 Å². The summed E-state index contributed by atoms with van der Waals surface area (Å²) >= 11 is 0. The highest BCUT2D eigenvalue weighted by Crippen LogP contribution is 2.33. The van der Waals surface area contributed by atoms with Gasteiger partial charge in [-0.1, -0.05) is 20.3 Å². The molecule has 3 atom stereocenters. The molecule has 0 saturated heterocycles. The molecule has 1 N–H and O–H groups in total. The highest BCUT2D eigenvalue weighted by Gasteiger charge is 2.28. The quantitative estimate of drug-likeness (QED) is 0.674. The van der Waals surface area contributed by atoms with Crippen LogP contribution >= 0.6 is 0 Å². The molecule has 0 aromatic rings. The van der Waals surface area contributed by atoms with Crippen LogP contribution in [0.4, 0.5) is 0 Å². The van der Waals surface area contributed by atoms with Crippen LogP contribution in [0.3, 0.4) is 0 Å². The van der Waals surface area contributed by atoms with Gasteiger partial charge in [0, 0.05) is 19.3 Å². The zero-order valence-electron chi connectivity index (χ0n) is 11.3. The Morgan fingerprint density at radius 2 is 2.00 bits per heavy atom. The summed E-state index contributed by atoms with van der Waals surface area (Å²) in [5.74, 6) is 1.79. The maximum absolute atomic E-state index is 5.62. The van der Waals surface area contributed by atoms with E-state index in [0.29, 0.717) is 0 Å². The molecule has 3 unspecified atom stereocenters. The Morgan fingerprint density at radius 3 is 2.62 bits per heavy atom. The van der Waals surface area contributed by atoms with E-state index in [4.69, 9.17) is 4.74 Å².